The summed E-state index contributed by atoms with van der Waals surface area (Å²) in [5, 5.41) is 0.518. The molecule has 0 nitrogen and oxygen atoms in total. The number of unbranched alkanes of at least 4 members (excludes halogenated alkanes) is 2. The minimum Gasteiger partial charge on any atom is -0.0737 e. The standard InChI is InChI=1S/C14H31B/c1-7-9-11-15(12-10-8-2)14(5,6)13(3)4/h13H,7-12H2,1-6H3. The molecule has 0 heterocycles. The normalized spacial score (nSPS) is 12.2. The van der Waals surface area contributed by atoms with Crippen LogP contribution in [0.4, 0.5) is 0 Å². The van der Waals surface area contributed by atoms with Crippen LogP contribution in [0.1, 0.15) is 67.2 Å². The summed E-state index contributed by atoms with van der Waals surface area (Å²) in [5.74, 6) is 0.802. The van der Waals surface area contributed by atoms with E-state index in [4.69, 9.17) is 0 Å². The molecule has 15 heavy (non-hydrogen) atoms. The van der Waals surface area contributed by atoms with Gasteiger partial charge in [0.05, 0.1) is 0 Å². The first-order chi connectivity index (χ1) is 6.96. The van der Waals surface area contributed by atoms with Gasteiger partial charge in [-0.05, 0) is 5.92 Å². The third kappa shape index (κ3) is 5.09. The van der Waals surface area contributed by atoms with Crippen LogP contribution in [0.15, 0.2) is 0 Å². The minimum absolute atomic E-state index is 0.518. The van der Waals surface area contributed by atoms with Crippen LogP contribution < -0.4 is 0 Å². The lowest BCUT2D eigenvalue weighted by molar-refractivity contribution is 0.460. The molecule has 0 aromatic carbocycles. The Morgan fingerprint density at radius 1 is 0.933 bits per heavy atom. The highest BCUT2D eigenvalue weighted by Gasteiger charge is 2.34. The number of hydrogen-bond acceptors (Lipinski definition) is 0. The van der Waals surface area contributed by atoms with Crippen LogP contribution >= 0.6 is 0 Å². The molecule has 0 saturated carbocycles. The molecular formula is C14H31B. The third-order valence-electron chi connectivity index (χ3n) is 4.35. The molecule has 0 aliphatic heterocycles. The molecule has 0 bridgehead atoms. The summed E-state index contributed by atoms with van der Waals surface area (Å²) in [6, 6.07) is 0. The van der Waals surface area contributed by atoms with Gasteiger partial charge in [-0.25, -0.2) is 0 Å². The minimum atomic E-state index is 0.518. The fourth-order valence-corrected chi connectivity index (χ4v) is 2.26. The topological polar surface area (TPSA) is 0 Å². The van der Waals surface area contributed by atoms with E-state index in [9.17, 15) is 0 Å². The van der Waals surface area contributed by atoms with Gasteiger partial charge in [0, 0.05) is 0 Å². The maximum absolute atomic E-state index is 2.47. The largest absolute Gasteiger partial charge is 0.146 e. The van der Waals surface area contributed by atoms with Crippen molar-refractivity contribution in [3.63, 3.8) is 0 Å². The van der Waals surface area contributed by atoms with E-state index in [2.05, 4.69) is 41.5 Å². The van der Waals surface area contributed by atoms with Gasteiger partial charge in [0.15, 0.2) is 0 Å². The van der Waals surface area contributed by atoms with Crippen molar-refractivity contribution in [1.82, 2.24) is 0 Å². The van der Waals surface area contributed by atoms with Crippen molar-refractivity contribution in [3.8, 4) is 0 Å². The van der Waals surface area contributed by atoms with E-state index in [0.29, 0.717) is 5.31 Å². The molecule has 0 saturated heterocycles. The van der Waals surface area contributed by atoms with E-state index in [1.165, 1.54) is 38.3 Å². The Kier molecular flexibility index (Phi) is 7.39. The second-order valence-corrected chi connectivity index (χ2v) is 5.96. The molecule has 0 fully saturated rings. The molecule has 0 aliphatic carbocycles. The molecule has 0 aromatic rings. The molecule has 1 heteroatoms. The summed E-state index contributed by atoms with van der Waals surface area (Å²) < 4.78 is 0. The Morgan fingerprint density at radius 2 is 1.33 bits per heavy atom. The van der Waals surface area contributed by atoms with Crippen molar-refractivity contribution in [1.29, 1.82) is 0 Å². The van der Waals surface area contributed by atoms with Gasteiger partial charge in [0.25, 0.3) is 0 Å². The second-order valence-electron chi connectivity index (χ2n) is 5.96. The first-order valence-electron chi connectivity index (χ1n) is 6.96. The van der Waals surface area contributed by atoms with Gasteiger partial charge < -0.3 is 0 Å². The first-order valence-corrected chi connectivity index (χ1v) is 6.96. The van der Waals surface area contributed by atoms with Crippen molar-refractivity contribution >= 4 is 6.71 Å². The fraction of sp³-hybridized carbons (Fsp3) is 1.00. The number of rotatable bonds is 8. The monoisotopic (exact) mass is 210 g/mol. The molecule has 90 valence electrons. The zero-order valence-corrected chi connectivity index (χ0v) is 11.9. The summed E-state index contributed by atoms with van der Waals surface area (Å²) in [4.78, 5) is 0. The SMILES string of the molecule is CCCCB(CCCC)C(C)(C)C(C)C. The molecule has 0 aromatic heterocycles. The summed E-state index contributed by atoms with van der Waals surface area (Å²) in [7, 11) is 0. The van der Waals surface area contributed by atoms with Gasteiger partial charge in [-0.3, -0.25) is 0 Å². The number of hydrogen-bond donors (Lipinski definition) is 0. The van der Waals surface area contributed by atoms with Crippen molar-refractivity contribution in [2.75, 3.05) is 0 Å². The van der Waals surface area contributed by atoms with Crippen LogP contribution in [0.25, 0.3) is 0 Å². The van der Waals surface area contributed by atoms with Gasteiger partial charge in [-0.2, -0.15) is 0 Å². The molecule has 0 unspecified atom stereocenters. The zero-order chi connectivity index (χ0) is 11.9. The van der Waals surface area contributed by atoms with Gasteiger partial charge in [-0.15, -0.1) is 0 Å². The lowest BCUT2D eigenvalue weighted by Gasteiger charge is -2.36. The lowest BCUT2D eigenvalue weighted by Crippen LogP contribution is -2.32. The van der Waals surface area contributed by atoms with Crippen LogP contribution in [0.5, 0.6) is 0 Å². The highest BCUT2D eigenvalue weighted by molar-refractivity contribution is 6.62. The van der Waals surface area contributed by atoms with Crippen molar-refractivity contribution in [2.45, 2.75) is 85.2 Å². The summed E-state index contributed by atoms with van der Waals surface area (Å²) in [6.45, 7) is 15.2. The molecule has 0 rings (SSSR count). The highest BCUT2D eigenvalue weighted by Crippen LogP contribution is 2.41. The lowest BCUT2D eigenvalue weighted by atomic mass is 9.28. The molecular weight excluding hydrogens is 179 g/mol. The first kappa shape index (κ1) is 15.1. The summed E-state index contributed by atoms with van der Waals surface area (Å²) >= 11 is 0. The van der Waals surface area contributed by atoms with Gasteiger partial charge in [-0.1, -0.05) is 85.2 Å². The van der Waals surface area contributed by atoms with Crippen LogP contribution in [-0.2, 0) is 0 Å². The molecule has 0 aliphatic rings. The molecule has 0 spiro atoms. The predicted octanol–water partition coefficient (Wildman–Crippen LogP) is 5.52. The Morgan fingerprint density at radius 3 is 1.60 bits per heavy atom. The van der Waals surface area contributed by atoms with E-state index in [1.807, 2.05) is 0 Å². The third-order valence-corrected chi connectivity index (χ3v) is 4.35. The quantitative estimate of drug-likeness (QED) is 0.463. The average Bonchev–Trinajstić information content (AvgIpc) is 2.17. The Bertz CT molecular complexity index is 141. The Hall–Kier alpha value is 0.0649. The van der Waals surface area contributed by atoms with Crippen LogP contribution in [0.3, 0.4) is 0 Å². The van der Waals surface area contributed by atoms with Gasteiger partial charge >= 0.3 is 0 Å². The second kappa shape index (κ2) is 7.36. The van der Waals surface area contributed by atoms with Crippen molar-refractivity contribution < 1.29 is 0 Å². The fourth-order valence-electron chi connectivity index (χ4n) is 2.26. The molecule has 0 amide bonds. The molecule has 0 atom stereocenters. The average molecular weight is 210 g/mol. The molecule has 0 N–H and O–H groups in total. The Labute approximate surface area is 98.3 Å². The smallest absolute Gasteiger partial charge is 0.0737 e. The van der Waals surface area contributed by atoms with Crippen molar-refractivity contribution in [3.05, 3.63) is 0 Å². The Balaban J connectivity index is 4.31. The van der Waals surface area contributed by atoms with E-state index in [-0.39, 0.29) is 0 Å². The summed E-state index contributed by atoms with van der Waals surface area (Å²) in [5.41, 5.74) is 0. The van der Waals surface area contributed by atoms with Crippen LogP contribution in [-0.4, -0.2) is 6.71 Å². The van der Waals surface area contributed by atoms with E-state index in [0.717, 1.165) is 12.6 Å². The van der Waals surface area contributed by atoms with Gasteiger partial charge in [0.2, 0.25) is 0 Å². The predicted molar refractivity (Wildman–Crippen MR) is 74.1 cm³/mol. The van der Waals surface area contributed by atoms with E-state index in [1.54, 1.807) is 0 Å². The van der Waals surface area contributed by atoms with E-state index < -0.39 is 0 Å². The van der Waals surface area contributed by atoms with Crippen molar-refractivity contribution in [2.24, 2.45) is 5.92 Å². The van der Waals surface area contributed by atoms with E-state index >= 15 is 0 Å². The van der Waals surface area contributed by atoms with Crippen LogP contribution in [0.2, 0.25) is 18.0 Å². The highest BCUT2D eigenvalue weighted by atomic mass is 14.2. The maximum Gasteiger partial charge on any atom is 0.146 e. The van der Waals surface area contributed by atoms with Gasteiger partial charge in [0.1, 0.15) is 6.71 Å². The molecule has 0 radical (unpaired) electrons. The summed E-state index contributed by atoms with van der Waals surface area (Å²) in [6.07, 6.45) is 8.37. The van der Waals surface area contributed by atoms with Crippen LogP contribution in [0, 0.1) is 5.92 Å². The maximum atomic E-state index is 2.47. The zero-order valence-electron chi connectivity index (χ0n) is 11.9.